The zero-order chi connectivity index (χ0) is 15.9. The summed E-state index contributed by atoms with van der Waals surface area (Å²) in [5.74, 6) is 0.293. The molecule has 22 heavy (non-hydrogen) atoms. The van der Waals surface area contributed by atoms with Crippen molar-refractivity contribution in [2.45, 2.75) is 13.0 Å². The molecule has 1 heterocycles. The highest BCUT2D eigenvalue weighted by molar-refractivity contribution is 5.75. The van der Waals surface area contributed by atoms with Gasteiger partial charge in [0.2, 0.25) is 12.2 Å². The number of imidazole rings is 1. The van der Waals surface area contributed by atoms with Gasteiger partial charge in [-0.3, -0.25) is 4.79 Å². The number of nitrogens with zero attached hydrogens (tertiary/aromatic N) is 3. The molecule has 2 aromatic rings. The van der Waals surface area contributed by atoms with Crippen LogP contribution in [0.1, 0.15) is 5.56 Å². The summed E-state index contributed by atoms with van der Waals surface area (Å²) in [6.07, 6.45) is 3.18. The number of methoxy groups -OCH3 is 1. The molecule has 1 N–H and O–H groups in total. The van der Waals surface area contributed by atoms with Gasteiger partial charge in [-0.25, -0.2) is 0 Å². The summed E-state index contributed by atoms with van der Waals surface area (Å²) in [7, 11) is 1.61. The van der Waals surface area contributed by atoms with Gasteiger partial charge in [-0.05, 0) is 34.0 Å². The Balaban J connectivity index is 1.76. The van der Waals surface area contributed by atoms with Gasteiger partial charge in [-0.2, -0.15) is 0 Å². The third-order valence-electron chi connectivity index (χ3n) is 3.03. The fraction of sp³-hybridized carbons (Fsp3) is 0.286. The number of aromatic nitrogens is 2. The van der Waals surface area contributed by atoms with Gasteiger partial charge in [0, 0.05) is 6.54 Å². The van der Waals surface area contributed by atoms with Crippen molar-refractivity contribution < 1.29 is 14.5 Å². The lowest BCUT2D eigenvalue weighted by molar-refractivity contribution is -0.389. The fourth-order valence-electron chi connectivity index (χ4n) is 1.89. The largest absolute Gasteiger partial charge is 0.497 e. The molecule has 0 fully saturated rings. The van der Waals surface area contributed by atoms with Crippen LogP contribution in [0, 0.1) is 10.1 Å². The number of rotatable bonds is 7. The van der Waals surface area contributed by atoms with Crippen molar-refractivity contribution in [1.82, 2.24) is 14.9 Å². The zero-order valence-corrected chi connectivity index (χ0v) is 12.1. The smallest absolute Gasteiger partial charge is 0.381 e. The molecule has 0 atom stereocenters. The molecule has 1 amide bonds. The van der Waals surface area contributed by atoms with Crippen molar-refractivity contribution in [3.63, 3.8) is 0 Å². The molecule has 116 valence electrons. The molecular weight excluding hydrogens is 288 g/mol. The van der Waals surface area contributed by atoms with Crippen LogP contribution >= 0.6 is 0 Å². The average molecular weight is 304 g/mol. The summed E-state index contributed by atoms with van der Waals surface area (Å²) in [6.45, 7) is 0.491. The van der Waals surface area contributed by atoms with Crippen LogP contribution in [0.5, 0.6) is 5.75 Å². The Labute approximate surface area is 126 Å². The van der Waals surface area contributed by atoms with E-state index in [1.54, 1.807) is 7.11 Å². The van der Waals surface area contributed by atoms with Crippen LogP contribution in [0.3, 0.4) is 0 Å². The molecule has 0 bridgehead atoms. The van der Waals surface area contributed by atoms with Gasteiger partial charge in [0.15, 0.2) is 0 Å². The first-order valence-corrected chi connectivity index (χ1v) is 6.64. The number of amides is 1. The van der Waals surface area contributed by atoms with E-state index in [2.05, 4.69) is 10.3 Å². The maximum Gasteiger partial charge on any atom is 0.381 e. The van der Waals surface area contributed by atoms with Crippen molar-refractivity contribution >= 4 is 11.7 Å². The zero-order valence-electron chi connectivity index (χ0n) is 12.1. The minimum atomic E-state index is -0.599. The van der Waals surface area contributed by atoms with E-state index in [0.717, 1.165) is 11.3 Å². The Bertz CT molecular complexity index is 651. The van der Waals surface area contributed by atoms with E-state index in [9.17, 15) is 14.9 Å². The average Bonchev–Trinajstić information content (AvgIpc) is 2.96. The number of carbonyl (C=O) groups is 1. The standard InChI is InChI=1S/C14H16N4O4/c1-22-12-4-2-11(3-5-12)6-7-15-14(19)9-17-8-13(16-10-17)18(20)21/h2-5,8,10H,6-7,9H2,1H3,(H,15,19). The normalized spacial score (nSPS) is 10.2. The Hall–Kier alpha value is -2.90. The van der Waals surface area contributed by atoms with Gasteiger partial charge in [-0.15, -0.1) is 0 Å². The van der Waals surface area contributed by atoms with Crippen LogP contribution in [0.2, 0.25) is 0 Å². The molecular formula is C14H16N4O4. The van der Waals surface area contributed by atoms with Crippen LogP contribution < -0.4 is 10.1 Å². The fourth-order valence-corrected chi connectivity index (χ4v) is 1.89. The second-order valence-electron chi connectivity index (χ2n) is 4.61. The Morgan fingerprint density at radius 3 is 2.73 bits per heavy atom. The van der Waals surface area contributed by atoms with Crippen molar-refractivity contribution in [3.05, 3.63) is 52.5 Å². The Morgan fingerprint density at radius 1 is 1.41 bits per heavy atom. The highest BCUT2D eigenvalue weighted by Crippen LogP contribution is 2.11. The molecule has 2 rings (SSSR count). The van der Waals surface area contributed by atoms with E-state index in [1.165, 1.54) is 17.1 Å². The number of nitro groups is 1. The first-order chi connectivity index (χ1) is 10.6. The molecule has 0 aliphatic rings. The highest BCUT2D eigenvalue weighted by atomic mass is 16.6. The third kappa shape index (κ3) is 4.30. The highest BCUT2D eigenvalue weighted by Gasteiger charge is 2.11. The number of hydrogen-bond acceptors (Lipinski definition) is 5. The van der Waals surface area contributed by atoms with Gasteiger partial charge >= 0.3 is 5.82 Å². The molecule has 8 heteroatoms. The molecule has 0 aliphatic carbocycles. The molecule has 0 unspecified atom stereocenters. The van der Waals surface area contributed by atoms with E-state index in [4.69, 9.17) is 4.74 Å². The van der Waals surface area contributed by atoms with E-state index in [0.29, 0.717) is 13.0 Å². The van der Waals surface area contributed by atoms with E-state index in [1.807, 2.05) is 24.3 Å². The first-order valence-electron chi connectivity index (χ1n) is 6.64. The number of ether oxygens (including phenoxy) is 1. The lowest BCUT2D eigenvalue weighted by atomic mass is 10.1. The van der Waals surface area contributed by atoms with Gasteiger partial charge in [0.05, 0.1) is 7.11 Å². The molecule has 0 radical (unpaired) electrons. The van der Waals surface area contributed by atoms with Gasteiger partial charge < -0.3 is 24.7 Å². The van der Waals surface area contributed by atoms with Gasteiger partial charge in [0.25, 0.3) is 0 Å². The molecule has 8 nitrogen and oxygen atoms in total. The second-order valence-corrected chi connectivity index (χ2v) is 4.61. The minimum Gasteiger partial charge on any atom is -0.497 e. The molecule has 0 aliphatic heterocycles. The predicted molar refractivity (Wildman–Crippen MR) is 78.6 cm³/mol. The number of hydrogen-bond donors (Lipinski definition) is 1. The van der Waals surface area contributed by atoms with Crippen molar-refractivity contribution in [3.8, 4) is 5.75 Å². The predicted octanol–water partition coefficient (Wildman–Crippen LogP) is 1.16. The molecule has 1 aromatic carbocycles. The van der Waals surface area contributed by atoms with E-state index >= 15 is 0 Å². The maximum atomic E-state index is 11.7. The number of carbonyl (C=O) groups excluding carboxylic acids is 1. The molecule has 0 saturated heterocycles. The summed E-state index contributed by atoms with van der Waals surface area (Å²) in [6, 6.07) is 7.60. The second kappa shape index (κ2) is 7.21. The summed E-state index contributed by atoms with van der Waals surface area (Å²) in [5.41, 5.74) is 1.08. The lowest BCUT2D eigenvalue weighted by Crippen LogP contribution is -2.29. The molecule has 1 aromatic heterocycles. The van der Waals surface area contributed by atoms with Gasteiger partial charge in [-0.1, -0.05) is 12.1 Å². The third-order valence-corrected chi connectivity index (χ3v) is 3.03. The van der Waals surface area contributed by atoms with Crippen LogP contribution in [-0.2, 0) is 17.8 Å². The monoisotopic (exact) mass is 304 g/mol. The van der Waals surface area contributed by atoms with Crippen molar-refractivity contribution in [2.24, 2.45) is 0 Å². The Morgan fingerprint density at radius 2 is 2.14 bits per heavy atom. The topological polar surface area (TPSA) is 99.3 Å². The summed E-state index contributed by atoms with van der Waals surface area (Å²) < 4.78 is 6.45. The Kier molecular flexibility index (Phi) is 5.07. The molecule has 0 saturated carbocycles. The van der Waals surface area contributed by atoms with E-state index < -0.39 is 4.92 Å². The quantitative estimate of drug-likeness (QED) is 0.611. The van der Waals surface area contributed by atoms with Crippen molar-refractivity contribution in [1.29, 1.82) is 0 Å². The van der Waals surface area contributed by atoms with Crippen LogP contribution in [0.15, 0.2) is 36.8 Å². The van der Waals surface area contributed by atoms with E-state index in [-0.39, 0.29) is 18.3 Å². The minimum absolute atomic E-state index is 0.00343. The summed E-state index contributed by atoms with van der Waals surface area (Å²) >= 11 is 0. The first kappa shape index (κ1) is 15.5. The maximum absolute atomic E-state index is 11.7. The van der Waals surface area contributed by atoms with Crippen LogP contribution in [0.4, 0.5) is 5.82 Å². The van der Waals surface area contributed by atoms with Gasteiger partial charge in [0.1, 0.15) is 18.5 Å². The summed E-state index contributed by atoms with van der Waals surface area (Å²) in [4.78, 5) is 25.2. The van der Waals surface area contributed by atoms with Crippen LogP contribution in [0.25, 0.3) is 0 Å². The molecule has 0 spiro atoms. The number of benzene rings is 1. The van der Waals surface area contributed by atoms with Crippen LogP contribution in [-0.4, -0.2) is 34.0 Å². The lowest BCUT2D eigenvalue weighted by Gasteiger charge is -2.06. The summed E-state index contributed by atoms with van der Waals surface area (Å²) in [5, 5.41) is 13.3. The van der Waals surface area contributed by atoms with Crippen molar-refractivity contribution in [2.75, 3.05) is 13.7 Å². The SMILES string of the molecule is COc1ccc(CCNC(=O)Cn2cnc([N+](=O)[O-])c2)cc1. The number of nitrogens with one attached hydrogen (secondary N) is 1.